The minimum atomic E-state index is 0.419. The predicted molar refractivity (Wildman–Crippen MR) is 81.0 cm³/mol. The second kappa shape index (κ2) is 7.15. The molecule has 0 spiro atoms. The molecule has 0 amide bonds. The molecule has 0 unspecified atom stereocenters. The number of rotatable bonds is 5. The van der Waals surface area contributed by atoms with Crippen molar-refractivity contribution in [3.8, 4) is 6.01 Å². The van der Waals surface area contributed by atoms with Gasteiger partial charge < -0.3 is 10.1 Å². The standard InChI is InChI=1S/C16H20N4O/c1-6-18-16(19-7-1)21-13-15-4-2-14(3-5-15)12-20-10-8-17-9-11-20/h1-7,17H,8-13H2. The van der Waals surface area contributed by atoms with E-state index in [1.165, 1.54) is 5.56 Å². The number of nitrogens with zero attached hydrogens (tertiary/aromatic N) is 3. The molecule has 0 aliphatic carbocycles. The molecule has 5 nitrogen and oxygen atoms in total. The Kier molecular flexibility index (Phi) is 4.76. The van der Waals surface area contributed by atoms with Gasteiger partial charge in [0, 0.05) is 45.1 Å². The van der Waals surface area contributed by atoms with Gasteiger partial charge in [-0.1, -0.05) is 24.3 Å². The van der Waals surface area contributed by atoms with Crippen LogP contribution in [0.25, 0.3) is 0 Å². The van der Waals surface area contributed by atoms with Gasteiger partial charge in [0.25, 0.3) is 0 Å². The molecule has 110 valence electrons. The zero-order valence-electron chi connectivity index (χ0n) is 12.0. The average molecular weight is 284 g/mol. The van der Waals surface area contributed by atoms with Gasteiger partial charge in [0.2, 0.25) is 0 Å². The third-order valence-electron chi connectivity index (χ3n) is 3.55. The second-order valence-electron chi connectivity index (χ2n) is 5.16. The van der Waals surface area contributed by atoms with E-state index in [4.69, 9.17) is 4.74 Å². The van der Waals surface area contributed by atoms with Crippen LogP contribution < -0.4 is 10.1 Å². The lowest BCUT2D eigenvalue weighted by molar-refractivity contribution is 0.233. The fraction of sp³-hybridized carbons (Fsp3) is 0.375. The van der Waals surface area contributed by atoms with Gasteiger partial charge in [-0.2, -0.15) is 0 Å². The van der Waals surface area contributed by atoms with Crippen LogP contribution in [0.4, 0.5) is 0 Å². The first-order chi connectivity index (χ1) is 10.4. The Labute approximate surface area is 125 Å². The number of hydrogen-bond acceptors (Lipinski definition) is 5. The molecule has 1 aromatic heterocycles. The maximum atomic E-state index is 5.54. The van der Waals surface area contributed by atoms with Crippen molar-refractivity contribution < 1.29 is 4.74 Å². The highest BCUT2D eigenvalue weighted by atomic mass is 16.5. The highest BCUT2D eigenvalue weighted by Gasteiger charge is 2.09. The van der Waals surface area contributed by atoms with Gasteiger partial charge in [-0.15, -0.1) is 0 Å². The van der Waals surface area contributed by atoms with Crippen LogP contribution in [-0.4, -0.2) is 41.0 Å². The Balaban J connectivity index is 1.51. The van der Waals surface area contributed by atoms with E-state index in [-0.39, 0.29) is 0 Å². The van der Waals surface area contributed by atoms with E-state index < -0.39 is 0 Å². The SMILES string of the molecule is c1cnc(OCc2ccc(CN3CCNCC3)cc2)nc1. The van der Waals surface area contributed by atoms with Crippen LogP contribution in [0.2, 0.25) is 0 Å². The summed E-state index contributed by atoms with van der Waals surface area (Å²) >= 11 is 0. The quantitative estimate of drug-likeness (QED) is 0.901. The van der Waals surface area contributed by atoms with Gasteiger partial charge in [0.15, 0.2) is 0 Å². The van der Waals surface area contributed by atoms with Crippen LogP contribution in [0.15, 0.2) is 42.7 Å². The van der Waals surface area contributed by atoms with E-state index in [2.05, 4.69) is 44.5 Å². The van der Waals surface area contributed by atoms with Gasteiger partial charge in [-0.05, 0) is 17.2 Å². The number of nitrogens with one attached hydrogen (secondary N) is 1. The summed E-state index contributed by atoms with van der Waals surface area (Å²) in [5.41, 5.74) is 2.48. The van der Waals surface area contributed by atoms with E-state index in [9.17, 15) is 0 Å². The highest BCUT2D eigenvalue weighted by molar-refractivity contribution is 5.22. The number of hydrogen-bond donors (Lipinski definition) is 1. The average Bonchev–Trinajstić information content (AvgIpc) is 2.56. The van der Waals surface area contributed by atoms with E-state index in [1.807, 2.05) is 0 Å². The first-order valence-electron chi connectivity index (χ1n) is 7.31. The summed E-state index contributed by atoms with van der Waals surface area (Å²) in [4.78, 5) is 10.6. The minimum absolute atomic E-state index is 0.419. The minimum Gasteiger partial charge on any atom is -0.459 e. The summed E-state index contributed by atoms with van der Waals surface area (Å²) in [6.07, 6.45) is 3.36. The topological polar surface area (TPSA) is 50.3 Å². The van der Waals surface area contributed by atoms with Gasteiger partial charge in [0.1, 0.15) is 6.61 Å². The zero-order chi connectivity index (χ0) is 14.3. The summed E-state index contributed by atoms with van der Waals surface area (Å²) in [5.74, 6) is 0. The largest absolute Gasteiger partial charge is 0.459 e. The molecule has 1 aliphatic heterocycles. The van der Waals surface area contributed by atoms with E-state index in [1.54, 1.807) is 18.5 Å². The van der Waals surface area contributed by atoms with Crippen LogP contribution in [0.1, 0.15) is 11.1 Å². The van der Waals surface area contributed by atoms with Gasteiger partial charge >= 0.3 is 6.01 Å². The molecular formula is C16H20N4O. The molecule has 0 radical (unpaired) electrons. The fourth-order valence-electron chi connectivity index (χ4n) is 2.38. The molecule has 3 rings (SSSR count). The van der Waals surface area contributed by atoms with Crippen molar-refractivity contribution >= 4 is 0 Å². The summed E-state index contributed by atoms with van der Waals surface area (Å²) in [6, 6.07) is 10.8. The maximum absolute atomic E-state index is 5.54. The van der Waals surface area contributed by atoms with Crippen LogP contribution in [0.5, 0.6) is 6.01 Å². The summed E-state index contributed by atoms with van der Waals surface area (Å²) in [7, 11) is 0. The first kappa shape index (κ1) is 14.0. The molecule has 0 atom stereocenters. The predicted octanol–water partition coefficient (Wildman–Crippen LogP) is 1.46. The fourth-order valence-corrected chi connectivity index (χ4v) is 2.38. The van der Waals surface area contributed by atoms with Crippen molar-refractivity contribution in [1.82, 2.24) is 20.2 Å². The Bertz CT molecular complexity index is 538. The summed E-state index contributed by atoms with van der Waals surface area (Å²) < 4.78 is 5.54. The molecular weight excluding hydrogens is 264 g/mol. The molecule has 2 heterocycles. The number of piperazine rings is 1. The van der Waals surface area contributed by atoms with E-state index in [0.29, 0.717) is 12.6 Å². The number of aromatic nitrogens is 2. The van der Waals surface area contributed by atoms with Crippen molar-refractivity contribution in [1.29, 1.82) is 0 Å². The lowest BCUT2D eigenvalue weighted by atomic mass is 10.1. The molecule has 2 aromatic rings. The summed E-state index contributed by atoms with van der Waals surface area (Å²) in [5, 5.41) is 3.37. The van der Waals surface area contributed by atoms with Crippen molar-refractivity contribution in [3.63, 3.8) is 0 Å². The Morgan fingerprint density at radius 1 is 1.00 bits per heavy atom. The Morgan fingerprint density at radius 3 is 2.38 bits per heavy atom. The Morgan fingerprint density at radius 2 is 1.67 bits per heavy atom. The normalized spacial score (nSPS) is 15.8. The van der Waals surface area contributed by atoms with Gasteiger partial charge in [-0.3, -0.25) is 4.90 Å². The van der Waals surface area contributed by atoms with E-state index in [0.717, 1.165) is 38.3 Å². The number of benzene rings is 1. The monoisotopic (exact) mass is 284 g/mol. The van der Waals surface area contributed by atoms with Crippen LogP contribution in [0.3, 0.4) is 0 Å². The van der Waals surface area contributed by atoms with Crippen molar-refractivity contribution in [2.75, 3.05) is 26.2 Å². The maximum Gasteiger partial charge on any atom is 0.316 e. The molecule has 0 saturated carbocycles. The van der Waals surface area contributed by atoms with Gasteiger partial charge in [-0.25, -0.2) is 9.97 Å². The molecule has 1 fully saturated rings. The van der Waals surface area contributed by atoms with Crippen LogP contribution in [0, 0.1) is 0 Å². The lowest BCUT2D eigenvalue weighted by Crippen LogP contribution is -2.42. The smallest absolute Gasteiger partial charge is 0.316 e. The van der Waals surface area contributed by atoms with E-state index >= 15 is 0 Å². The van der Waals surface area contributed by atoms with Gasteiger partial charge in [0.05, 0.1) is 0 Å². The third-order valence-corrected chi connectivity index (χ3v) is 3.55. The zero-order valence-corrected chi connectivity index (χ0v) is 12.0. The first-order valence-corrected chi connectivity index (χ1v) is 7.31. The molecule has 0 bridgehead atoms. The second-order valence-corrected chi connectivity index (χ2v) is 5.16. The molecule has 1 aromatic carbocycles. The van der Waals surface area contributed by atoms with Crippen molar-refractivity contribution in [2.24, 2.45) is 0 Å². The molecule has 1 saturated heterocycles. The Hall–Kier alpha value is -1.98. The number of ether oxygens (including phenoxy) is 1. The lowest BCUT2D eigenvalue weighted by Gasteiger charge is -2.27. The third kappa shape index (κ3) is 4.24. The molecule has 5 heteroatoms. The van der Waals surface area contributed by atoms with Crippen molar-refractivity contribution in [2.45, 2.75) is 13.2 Å². The van der Waals surface area contributed by atoms with Crippen molar-refractivity contribution in [3.05, 3.63) is 53.9 Å². The van der Waals surface area contributed by atoms with Crippen LogP contribution >= 0.6 is 0 Å². The van der Waals surface area contributed by atoms with Crippen LogP contribution in [-0.2, 0) is 13.2 Å². The molecule has 1 aliphatic rings. The highest BCUT2D eigenvalue weighted by Crippen LogP contribution is 2.10. The molecule has 21 heavy (non-hydrogen) atoms. The molecule has 1 N–H and O–H groups in total. The summed E-state index contributed by atoms with van der Waals surface area (Å²) in [6.45, 7) is 5.93.